The van der Waals surface area contributed by atoms with Crippen molar-refractivity contribution in [3.05, 3.63) is 53.6 Å². The van der Waals surface area contributed by atoms with Crippen LogP contribution in [0.25, 0.3) is 0 Å². The molecule has 2 aromatic carbocycles. The van der Waals surface area contributed by atoms with Crippen molar-refractivity contribution in [2.24, 2.45) is 11.8 Å². The Morgan fingerprint density at radius 3 is 2.53 bits per heavy atom. The monoisotopic (exact) mass is 481 g/mol. The Hall–Kier alpha value is -2.71. The molecule has 2 heterocycles. The van der Waals surface area contributed by atoms with E-state index in [-0.39, 0.29) is 35.2 Å². The number of para-hydroxylation sites is 1. The van der Waals surface area contributed by atoms with Gasteiger partial charge in [-0.15, -0.1) is 0 Å². The summed E-state index contributed by atoms with van der Waals surface area (Å²) in [5, 5.41) is 2.96. The van der Waals surface area contributed by atoms with Crippen molar-refractivity contribution in [1.29, 1.82) is 0 Å². The van der Waals surface area contributed by atoms with Crippen LogP contribution < -0.4 is 10.2 Å². The van der Waals surface area contributed by atoms with Crippen molar-refractivity contribution in [1.82, 2.24) is 4.31 Å². The third-order valence-electron chi connectivity index (χ3n) is 7.23. The molecule has 2 fully saturated rings. The number of nitrogens with one attached hydrogen (secondary N) is 1. The minimum Gasteiger partial charge on any atom is -0.326 e. The lowest BCUT2D eigenvalue weighted by atomic mass is 9.98. The molecule has 5 rings (SSSR count). The number of piperidine rings is 1. The van der Waals surface area contributed by atoms with E-state index in [1.165, 1.54) is 4.31 Å². The van der Waals surface area contributed by atoms with Gasteiger partial charge in [-0.25, -0.2) is 8.42 Å². The number of amides is 2. The number of sulfonamides is 1. The summed E-state index contributed by atoms with van der Waals surface area (Å²) in [6.07, 6.45) is 3.83. The molecule has 0 spiro atoms. The normalized spacial score (nSPS) is 22.9. The zero-order valence-corrected chi connectivity index (χ0v) is 20.5. The Morgan fingerprint density at radius 1 is 1.03 bits per heavy atom. The molecule has 7 nitrogen and oxygen atoms in total. The SMILES string of the molecule is Cc1ccccc1NC(=O)[C@H]1CCCN(S(=O)(=O)c2ccc3c(c2)C[C@H](C)N3C(=O)C2CC2)C1. The molecule has 0 bridgehead atoms. The quantitative estimate of drug-likeness (QED) is 0.705. The Balaban J connectivity index is 1.33. The number of carbonyl (C=O) groups is 2. The van der Waals surface area contributed by atoms with E-state index in [4.69, 9.17) is 0 Å². The van der Waals surface area contributed by atoms with Crippen molar-refractivity contribution < 1.29 is 18.0 Å². The summed E-state index contributed by atoms with van der Waals surface area (Å²) in [4.78, 5) is 27.7. The number of carbonyl (C=O) groups excluding carboxylic acids is 2. The van der Waals surface area contributed by atoms with E-state index in [1.807, 2.05) is 43.0 Å². The van der Waals surface area contributed by atoms with Crippen LogP contribution in [0.5, 0.6) is 0 Å². The molecule has 2 atom stereocenters. The van der Waals surface area contributed by atoms with E-state index < -0.39 is 15.9 Å². The number of hydrogen-bond donors (Lipinski definition) is 1. The number of aryl methyl sites for hydroxylation is 1. The maximum Gasteiger partial charge on any atom is 0.243 e. The highest BCUT2D eigenvalue weighted by molar-refractivity contribution is 7.89. The number of hydrogen-bond acceptors (Lipinski definition) is 4. The van der Waals surface area contributed by atoms with E-state index >= 15 is 0 Å². The molecule has 1 N–H and O–H groups in total. The first kappa shape index (κ1) is 23.1. The smallest absolute Gasteiger partial charge is 0.243 e. The van der Waals surface area contributed by atoms with Crippen molar-refractivity contribution in [3.8, 4) is 0 Å². The van der Waals surface area contributed by atoms with Gasteiger partial charge in [0.05, 0.1) is 10.8 Å². The van der Waals surface area contributed by atoms with Gasteiger partial charge in [0.15, 0.2) is 0 Å². The molecule has 0 radical (unpaired) electrons. The van der Waals surface area contributed by atoms with Crippen LogP contribution in [0.2, 0.25) is 0 Å². The topological polar surface area (TPSA) is 86.8 Å². The summed E-state index contributed by atoms with van der Waals surface area (Å²) in [5.74, 6) is -0.274. The molecule has 1 saturated carbocycles. The molecular formula is C26H31N3O4S. The van der Waals surface area contributed by atoms with Gasteiger partial charge in [-0.1, -0.05) is 18.2 Å². The number of benzene rings is 2. The van der Waals surface area contributed by atoms with E-state index in [0.29, 0.717) is 25.8 Å². The lowest BCUT2D eigenvalue weighted by Gasteiger charge is -2.31. The molecule has 2 amide bonds. The molecule has 3 aliphatic rings. The van der Waals surface area contributed by atoms with Crippen LogP contribution in [0.1, 0.15) is 43.7 Å². The second-order valence-electron chi connectivity index (χ2n) is 9.83. The van der Waals surface area contributed by atoms with Gasteiger partial charge in [0.1, 0.15) is 0 Å². The second-order valence-corrected chi connectivity index (χ2v) is 11.8. The summed E-state index contributed by atoms with van der Waals surface area (Å²) < 4.78 is 28.4. The zero-order valence-electron chi connectivity index (χ0n) is 19.7. The van der Waals surface area contributed by atoms with Gasteiger partial charge < -0.3 is 10.2 Å². The number of anilines is 2. The maximum atomic E-state index is 13.5. The van der Waals surface area contributed by atoms with Crippen LogP contribution in [0, 0.1) is 18.8 Å². The minimum atomic E-state index is -3.74. The van der Waals surface area contributed by atoms with E-state index in [2.05, 4.69) is 5.32 Å². The largest absolute Gasteiger partial charge is 0.326 e. The first-order valence-electron chi connectivity index (χ1n) is 12.1. The first-order chi connectivity index (χ1) is 16.3. The molecule has 2 aliphatic heterocycles. The molecule has 0 aromatic heterocycles. The molecule has 1 saturated heterocycles. The van der Waals surface area contributed by atoms with Crippen LogP contribution in [0.4, 0.5) is 11.4 Å². The van der Waals surface area contributed by atoms with E-state index in [1.54, 1.807) is 18.2 Å². The highest BCUT2D eigenvalue weighted by Crippen LogP contribution is 2.40. The predicted octanol–water partition coefficient (Wildman–Crippen LogP) is 3.72. The molecule has 180 valence electrons. The van der Waals surface area contributed by atoms with Crippen LogP contribution in [-0.4, -0.2) is 43.7 Å². The van der Waals surface area contributed by atoms with Gasteiger partial charge in [-0.05, 0) is 81.3 Å². The molecular weight excluding hydrogens is 450 g/mol. The lowest BCUT2D eigenvalue weighted by Crippen LogP contribution is -2.43. The summed E-state index contributed by atoms with van der Waals surface area (Å²) >= 11 is 0. The Labute approximate surface area is 201 Å². The molecule has 8 heteroatoms. The fourth-order valence-corrected chi connectivity index (χ4v) is 6.68. The molecule has 0 unspecified atom stereocenters. The fourth-order valence-electron chi connectivity index (χ4n) is 5.10. The van der Waals surface area contributed by atoms with Gasteiger partial charge in [-0.3, -0.25) is 9.59 Å². The van der Waals surface area contributed by atoms with E-state index in [0.717, 1.165) is 35.3 Å². The van der Waals surface area contributed by atoms with Gasteiger partial charge in [0.25, 0.3) is 0 Å². The summed E-state index contributed by atoms with van der Waals surface area (Å²) in [6.45, 7) is 4.51. The average molecular weight is 482 g/mol. The van der Waals surface area contributed by atoms with Crippen LogP contribution in [0.3, 0.4) is 0 Å². The van der Waals surface area contributed by atoms with Gasteiger partial charge in [0, 0.05) is 36.4 Å². The van der Waals surface area contributed by atoms with Crippen molar-refractivity contribution in [3.63, 3.8) is 0 Å². The Bertz CT molecular complexity index is 1240. The van der Waals surface area contributed by atoms with E-state index in [9.17, 15) is 18.0 Å². The molecule has 1 aliphatic carbocycles. The first-order valence-corrected chi connectivity index (χ1v) is 13.5. The number of rotatable bonds is 5. The Morgan fingerprint density at radius 2 is 1.79 bits per heavy atom. The highest BCUT2D eigenvalue weighted by Gasteiger charge is 2.40. The van der Waals surface area contributed by atoms with Gasteiger partial charge in [-0.2, -0.15) is 4.31 Å². The summed E-state index contributed by atoms with van der Waals surface area (Å²) in [5.41, 5.74) is 3.45. The fraction of sp³-hybridized carbons (Fsp3) is 0.462. The summed E-state index contributed by atoms with van der Waals surface area (Å²) in [6, 6.07) is 12.7. The standard InChI is InChI=1S/C26H31N3O4S/c1-17-6-3-4-8-23(17)27-25(30)20-7-5-13-28(16-20)34(32,33)22-11-12-24-21(15-22)14-18(2)29(24)26(31)19-9-10-19/h3-4,6,8,11-12,15,18-20H,5,7,9-10,13-14,16H2,1-2H3,(H,27,30)/t18-,20-/m0/s1. The van der Waals surface area contributed by atoms with Gasteiger partial charge in [0.2, 0.25) is 21.8 Å². The number of fused-ring (bicyclic) bond motifs is 1. The average Bonchev–Trinajstić information content (AvgIpc) is 3.62. The van der Waals surface area contributed by atoms with Crippen LogP contribution >= 0.6 is 0 Å². The van der Waals surface area contributed by atoms with Crippen molar-refractivity contribution in [2.45, 2.75) is 56.9 Å². The zero-order chi connectivity index (χ0) is 24.0. The summed E-state index contributed by atoms with van der Waals surface area (Å²) in [7, 11) is -3.74. The van der Waals surface area contributed by atoms with Crippen molar-refractivity contribution in [2.75, 3.05) is 23.3 Å². The molecule has 34 heavy (non-hydrogen) atoms. The van der Waals surface area contributed by atoms with Crippen LogP contribution in [-0.2, 0) is 26.0 Å². The highest BCUT2D eigenvalue weighted by atomic mass is 32.2. The minimum absolute atomic E-state index is 0.0329. The predicted molar refractivity (Wildman–Crippen MR) is 131 cm³/mol. The number of nitrogens with zero attached hydrogens (tertiary/aromatic N) is 2. The second kappa shape index (κ2) is 8.82. The Kier molecular flexibility index (Phi) is 5.98. The third kappa shape index (κ3) is 4.25. The van der Waals surface area contributed by atoms with Gasteiger partial charge >= 0.3 is 0 Å². The molecule has 2 aromatic rings. The van der Waals surface area contributed by atoms with Crippen molar-refractivity contribution >= 4 is 33.2 Å². The third-order valence-corrected chi connectivity index (χ3v) is 9.09. The maximum absolute atomic E-state index is 13.5. The lowest BCUT2D eigenvalue weighted by molar-refractivity contribution is -0.121. The van der Waals surface area contributed by atoms with Crippen LogP contribution in [0.15, 0.2) is 47.4 Å².